The number of hydrogen-bond donors (Lipinski definition) is 2. The number of nitrogens with one attached hydrogen (secondary N) is 2. The van der Waals surface area contributed by atoms with Crippen LogP contribution < -0.4 is 15.8 Å². The zero-order chi connectivity index (χ0) is 22.8. The first kappa shape index (κ1) is 21.6. The highest BCUT2D eigenvalue weighted by molar-refractivity contribution is 7.21. The van der Waals surface area contributed by atoms with Gasteiger partial charge in [0.2, 0.25) is 0 Å². The van der Waals surface area contributed by atoms with Gasteiger partial charge in [0, 0.05) is 48.3 Å². The van der Waals surface area contributed by atoms with Crippen molar-refractivity contribution < 1.29 is 9.18 Å². The van der Waals surface area contributed by atoms with E-state index in [0.717, 1.165) is 54.7 Å². The lowest BCUT2D eigenvalue weighted by Crippen LogP contribution is -2.47. The Hall–Kier alpha value is -3.23. The largest absolute Gasteiger partial charge is 0.367 e. The molecule has 8 heteroatoms. The van der Waals surface area contributed by atoms with Crippen molar-refractivity contribution in [2.45, 2.75) is 6.42 Å². The number of piperazine rings is 1. The summed E-state index contributed by atoms with van der Waals surface area (Å²) < 4.78 is 14.8. The number of rotatable bonds is 6. The molecule has 2 N–H and O–H groups in total. The maximum absolute atomic E-state index is 14.0. The van der Waals surface area contributed by atoms with Gasteiger partial charge < -0.3 is 15.2 Å². The molecule has 2 aromatic heterocycles. The monoisotopic (exact) mass is 464 g/mol. The van der Waals surface area contributed by atoms with Gasteiger partial charge in [-0.15, -0.1) is 11.3 Å². The molecular weight excluding hydrogens is 439 g/mol. The number of aromatic amines is 1. The van der Waals surface area contributed by atoms with Crippen molar-refractivity contribution in [3.05, 3.63) is 75.6 Å². The SMILES string of the molecule is O=C(NCCCN1CCN(c2ccccc2F)CC1)c1cc2c(=O)[nH]c3ccccc3c2s1. The lowest BCUT2D eigenvalue weighted by molar-refractivity contribution is 0.0955. The normalized spacial score (nSPS) is 14.8. The molecule has 1 aliphatic heterocycles. The van der Waals surface area contributed by atoms with Crippen molar-refractivity contribution in [1.29, 1.82) is 0 Å². The number of hydrogen-bond acceptors (Lipinski definition) is 5. The Labute approximate surface area is 194 Å². The second-order valence-electron chi connectivity index (χ2n) is 8.24. The average molecular weight is 465 g/mol. The van der Waals surface area contributed by atoms with Crippen molar-refractivity contribution in [3.8, 4) is 0 Å². The number of carbonyl (C=O) groups excluding carboxylic acids is 1. The van der Waals surface area contributed by atoms with Crippen molar-refractivity contribution in [2.75, 3.05) is 44.2 Å². The van der Waals surface area contributed by atoms with Crippen molar-refractivity contribution >= 4 is 43.9 Å². The molecule has 0 unspecified atom stereocenters. The van der Waals surface area contributed by atoms with Gasteiger partial charge in [-0.2, -0.15) is 0 Å². The van der Waals surface area contributed by atoms with E-state index in [9.17, 15) is 14.0 Å². The summed E-state index contributed by atoms with van der Waals surface area (Å²) in [5, 5.41) is 4.48. The highest BCUT2D eigenvalue weighted by Gasteiger charge is 2.19. The highest BCUT2D eigenvalue weighted by Crippen LogP contribution is 2.29. The van der Waals surface area contributed by atoms with E-state index in [4.69, 9.17) is 0 Å². The fourth-order valence-corrected chi connectivity index (χ4v) is 5.47. The Bertz CT molecular complexity index is 1360. The molecule has 0 bridgehead atoms. The summed E-state index contributed by atoms with van der Waals surface area (Å²) >= 11 is 1.36. The van der Waals surface area contributed by atoms with E-state index in [1.807, 2.05) is 36.4 Å². The fourth-order valence-electron chi connectivity index (χ4n) is 4.36. The Morgan fingerprint density at radius 2 is 1.79 bits per heavy atom. The number of aromatic nitrogens is 1. The van der Waals surface area contributed by atoms with E-state index in [1.165, 1.54) is 17.4 Å². The van der Waals surface area contributed by atoms with Gasteiger partial charge in [0.15, 0.2) is 0 Å². The van der Waals surface area contributed by atoms with Crippen LogP contribution in [0.1, 0.15) is 16.1 Å². The molecule has 0 atom stereocenters. The first-order valence-corrected chi connectivity index (χ1v) is 12.0. The molecule has 4 aromatic rings. The number of nitrogens with zero attached hydrogens (tertiary/aromatic N) is 2. The Morgan fingerprint density at radius 1 is 1.03 bits per heavy atom. The topological polar surface area (TPSA) is 68.4 Å². The Morgan fingerprint density at radius 3 is 2.61 bits per heavy atom. The quantitative estimate of drug-likeness (QED) is 0.426. The van der Waals surface area contributed by atoms with Gasteiger partial charge in [0.1, 0.15) is 5.82 Å². The van der Waals surface area contributed by atoms with Crippen LogP contribution in [0.25, 0.3) is 21.0 Å². The van der Waals surface area contributed by atoms with E-state index >= 15 is 0 Å². The van der Waals surface area contributed by atoms with Crippen LogP contribution in [0.4, 0.5) is 10.1 Å². The number of anilines is 1. The minimum atomic E-state index is -0.176. The molecule has 1 saturated heterocycles. The van der Waals surface area contributed by atoms with E-state index in [0.29, 0.717) is 22.5 Å². The second-order valence-corrected chi connectivity index (χ2v) is 9.29. The van der Waals surface area contributed by atoms with E-state index in [1.54, 1.807) is 12.1 Å². The number of fused-ring (bicyclic) bond motifs is 3. The maximum atomic E-state index is 14.0. The summed E-state index contributed by atoms with van der Waals surface area (Å²) in [7, 11) is 0. The number of halogens is 1. The Kier molecular flexibility index (Phi) is 6.11. The number of benzene rings is 2. The van der Waals surface area contributed by atoms with Crippen LogP contribution in [0, 0.1) is 5.82 Å². The molecule has 3 heterocycles. The minimum Gasteiger partial charge on any atom is -0.367 e. The van der Waals surface area contributed by atoms with Gasteiger partial charge in [-0.05, 0) is 37.2 Å². The molecule has 5 rings (SSSR count). The molecule has 170 valence electrons. The van der Waals surface area contributed by atoms with E-state index in [-0.39, 0.29) is 17.3 Å². The minimum absolute atomic E-state index is 0.149. The summed E-state index contributed by atoms with van der Waals surface area (Å²) in [6.45, 7) is 4.76. The lowest BCUT2D eigenvalue weighted by atomic mass is 10.2. The van der Waals surface area contributed by atoms with E-state index in [2.05, 4.69) is 20.1 Å². The van der Waals surface area contributed by atoms with Crippen molar-refractivity contribution in [1.82, 2.24) is 15.2 Å². The smallest absolute Gasteiger partial charge is 0.261 e. The standard InChI is InChI=1S/C25H25FN4O2S/c26-19-7-2-4-9-21(19)30-14-12-29(13-15-30)11-5-10-27-25(32)22-16-18-23(33-22)17-6-1-3-8-20(17)28-24(18)31/h1-4,6-9,16H,5,10-15H2,(H,27,32)(H,28,31). The van der Waals surface area contributed by atoms with Crippen molar-refractivity contribution in [2.24, 2.45) is 0 Å². The average Bonchev–Trinajstić information content (AvgIpc) is 3.29. The molecule has 1 fully saturated rings. The van der Waals surface area contributed by atoms with Gasteiger partial charge in [0.25, 0.3) is 11.5 Å². The van der Waals surface area contributed by atoms with Gasteiger partial charge in [-0.1, -0.05) is 30.3 Å². The van der Waals surface area contributed by atoms with Gasteiger partial charge in [-0.25, -0.2) is 4.39 Å². The van der Waals surface area contributed by atoms with Crippen LogP contribution in [0.3, 0.4) is 0 Å². The number of amides is 1. The summed E-state index contributed by atoms with van der Waals surface area (Å²) in [6.07, 6.45) is 0.833. The first-order chi connectivity index (χ1) is 16.1. The molecule has 1 amide bonds. The second kappa shape index (κ2) is 9.33. The third-order valence-corrected chi connectivity index (χ3v) is 7.29. The number of carbonyl (C=O) groups is 1. The third kappa shape index (κ3) is 4.49. The highest BCUT2D eigenvalue weighted by atomic mass is 32.1. The molecule has 0 aliphatic carbocycles. The van der Waals surface area contributed by atoms with E-state index < -0.39 is 0 Å². The number of thiophene rings is 1. The summed E-state index contributed by atoms with van der Waals surface area (Å²) in [5.74, 6) is -0.325. The third-order valence-electron chi connectivity index (χ3n) is 6.12. The van der Waals surface area contributed by atoms with Crippen LogP contribution in [-0.2, 0) is 0 Å². The number of para-hydroxylation sites is 2. The van der Waals surface area contributed by atoms with Crippen LogP contribution in [0.5, 0.6) is 0 Å². The van der Waals surface area contributed by atoms with Gasteiger partial charge >= 0.3 is 0 Å². The van der Waals surface area contributed by atoms with Gasteiger partial charge in [-0.3, -0.25) is 14.5 Å². The first-order valence-electron chi connectivity index (χ1n) is 11.1. The number of pyridine rings is 1. The van der Waals surface area contributed by atoms with Crippen LogP contribution in [-0.4, -0.2) is 55.1 Å². The lowest BCUT2D eigenvalue weighted by Gasteiger charge is -2.36. The summed E-state index contributed by atoms with van der Waals surface area (Å²) in [4.78, 5) is 32.9. The molecule has 1 aliphatic rings. The molecule has 0 saturated carbocycles. The zero-order valence-corrected chi connectivity index (χ0v) is 19.0. The molecule has 33 heavy (non-hydrogen) atoms. The fraction of sp³-hybridized carbons (Fsp3) is 0.280. The molecule has 2 aromatic carbocycles. The van der Waals surface area contributed by atoms with Gasteiger partial charge in [0.05, 0.1) is 16.0 Å². The van der Waals surface area contributed by atoms with Crippen molar-refractivity contribution in [3.63, 3.8) is 0 Å². The predicted molar refractivity (Wildman–Crippen MR) is 132 cm³/mol. The zero-order valence-electron chi connectivity index (χ0n) is 18.1. The number of H-pyrrole nitrogens is 1. The van der Waals surface area contributed by atoms with Crippen LogP contribution in [0.2, 0.25) is 0 Å². The van der Waals surface area contributed by atoms with Crippen LogP contribution in [0.15, 0.2) is 59.4 Å². The van der Waals surface area contributed by atoms with Crippen LogP contribution >= 0.6 is 11.3 Å². The molecule has 0 spiro atoms. The maximum Gasteiger partial charge on any atom is 0.261 e. The Balaban J connectivity index is 1.13. The summed E-state index contributed by atoms with van der Waals surface area (Å²) in [6, 6.07) is 16.2. The molecule has 6 nitrogen and oxygen atoms in total. The predicted octanol–water partition coefficient (Wildman–Crippen LogP) is 3.82. The summed E-state index contributed by atoms with van der Waals surface area (Å²) in [5.41, 5.74) is 1.27. The molecular formula is C25H25FN4O2S. The molecule has 0 radical (unpaired) electrons.